The van der Waals surface area contributed by atoms with Gasteiger partial charge in [0.05, 0.1) is 0 Å². The number of aliphatic hydroxyl groups is 4. The van der Waals surface area contributed by atoms with Crippen molar-refractivity contribution in [3.63, 3.8) is 0 Å². The van der Waals surface area contributed by atoms with Crippen LogP contribution >= 0.6 is 0 Å². The zero-order valence-electron chi connectivity index (χ0n) is 5.76. The van der Waals surface area contributed by atoms with E-state index in [0.29, 0.717) is 0 Å². The summed E-state index contributed by atoms with van der Waals surface area (Å²) in [6.45, 7) is 0. The number of carbonyl (C=O) groups excluding carboxylic acids is 1. The molecule has 12 heavy (non-hydrogen) atoms. The Morgan fingerprint density at radius 1 is 1.25 bits per heavy atom. The lowest BCUT2D eigenvalue weighted by atomic mass is 10.1. The largest absolute Gasteiger partial charge is 0.387 e. The minimum Gasteiger partial charge on any atom is -0.387 e. The van der Waals surface area contributed by atoms with E-state index < -0.39 is 24.4 Å². The minimum absolute atomic E-state index is 0.236. The Balaban J connectivity index is 4.28. The van der Waals surface area contributed by atoms with Gasteiger partial charge in [0.25, 0.3) is 0 Å². The highest BCUT2D eigenvalue weighted by Crippen LogP contribution is 2.18. The third-order valence-corrected chi connectivity index (χ3v) is 1.17. The van der Waals surface area contributed by atoms with Gasteiger partial charge in [0, 0.05) is 0 Å². The summed E-state index contributed by atoms with van der Waals surface area (Å²) >= 11 is 0. The van der Waals surface area contributed by atoms with Crippen molar-refractivity contribution in [2.45, 2.75) is 24.4 Å². The Kier molecular flexibility index (Phi) is 3.65. The van der Waals surface area contributed by atoms with E-state index in [1.54, 1.807) is 0 Å². The Morgan fingerprint density at radius 3 is 1.92 bits per heavy atom. The number of hydrogen-bond donors (Lipinski definition) is 4. The smallest absolute Gasteiger partial charge is 0.381 e. The minimum atomic E-state index is -4.55. The van der Waals surface area contributed by atoms with Crippen molar-refractivity contribution < 1.29 is 34.0 Å². The zero-order chi connectivity index (χ0) is 9.94. The molecule has 0 rings (SSSR count). The number of alkyl halides is 2. The normalized spacial score (nSPS) is 19.8. The first-order valence-electron chi connectivity index (χ1n) is 2.90. The Morgan fingerprint density at radius 2 is 1.67 bits per heavy atom. The lowest BCUT2D eigenvalue weighted by Crippen LogP contribution is -2.48. The molecule has 0 aromatic carbocycles. The number of aliphatic hydroxyl groups excluding tert-OH is 3. The predicted octanol–water partition coefficient (Wildman–Crippen LogP) is -2.15. The molecule has 0 bridgehead atoms. The van der Waals surface area contributed by atoms with Gasteiger partial charge in [0.2, 0.25) is 0 Å². The highest BCUT2D eigenvalue weighted by molar-refractivity contribution is 5.56. The van der Waals surface area contributed by atoms with E-state index in [4.69, 9.17) is 20.4 Å². The van der Waals surface area contributed by atoms with Crippen molar-refractivity contribution >= 4 is 6.29 Å². The molecule has 0 amide bonds. The molecule has 0 aromatic rings. The SMILES string of the molecule is O=C[C@H](O)[C@@H](O)[C@H](O)C(O)(F)F. The molecule has 7 heteroatoms. The zero-order valence-corrected chi connectivity index (χ0v) is 5.76. The molecule has 0 saturated carbocycles. The molecule has 0 heterocycles. The van der Waals surface area contributed by atoms with E-state index in [1.807, 2.05) is 0 Å². The molecule has 0 aliphatic rings. The predicted molar refractivity (Wildman–Crippen MR) is 31.3 cm³/mol. The molecule has 0 radical (unpaired) electrons. The maximum atomic E-state index is 11.8. The summed E-state index contributed by atoms with van der Waals surface area (Å²) < 4.78 is 23.6. The molecule has 0 aromatic heterocycles. The first kappa shape index (κ1) is 11.4. The molecular formula is C5H8F2O5. The van der Waals surface area contributed by atoms with Crippen molar-refractivity contribution in [3.05, 3.63) is 0 Å². The molecule has 0 spiro atoms. The number of aldehydes is 1. The topological polar surface area (TPSA) is 98.0 Å². The Bertz CT molecular complexity index is 156. The molecule has 0 aliphatic heterocycles. The van der Waals surface area contributed by atoms with Gasteiger partial charge in [-0.1, -0.05) is 0 Å². The highest BCUT2D eigenvalue weighted by atomic mass is 19.3. The van der Waals surface area contributed by atoms with Gasteiger partial charge >= 0.3 is 6.11 Å². The monoisotopic (exact) mass is 186 g/mol. The van der Waals surface area contributed by atoms with Gasteiger partial charge in [0.15, 0.2) is 12.4 Å². The average Bonchev–Trinajstić information content (AvgIpc) is 1.98. The van der Waals surface area contributed by atoms with E-state index in [-0.39, 0.29) is 6.29 Å². The second-order valence-corrected chi connectivity index (χ2v) is 2.15. The van der Waals surface area contributed by atoms with Crippen LogP contribution in [0.4, 0.5) is 8.78 Å². The molecular weight excluding hydrogens is 178 g/mol. The average molecular weight is 186 g/mol. The first-order valence-corrected chi connectivity index (χ1v) is 2.90. The van der Waals surface area contributed by atoms with Crippen molar-refractivity contribution in [1.29, 1.82) is 0 Å². The van der Waals surface area contributed by atoms with Crippen LogP contribution in [0.25, 0.3) is 0 Å². The van der Waals surface area contributed by atoms with Crippen LogP contribution in [0, 0.1) is 0 Å². The van der Waals surface area contributed by atoms with Crippen LogP contribution in [0.3, 0.4) is 0 Å². The van der Waals surface area contributed by atoms with Crippen LogP contribution in [0.2, 0.25) is 0 Å². The summed E-state index contributed by atoms with van der Waals surface area (Å²) in [5, 5.41) is 33.2. The highest BCUT2D eigenvalue weighted by Gasteiger charge is 2.43. The standard InChI is InChI=1S/C5H8F2O5/c6-5(7,12)4(11)3(10)2(9)1-8/h1-4,9-12H/t2-,3+,4-/m0/s1. The lowest BCUT2D eigenvalue weighted by Gasteiger charge is -2.22. The number of rotatable bonds is 4. The number of hydrogen-bond acceptors (Lipinski definition) is 5. The molecule has 0 unspecified atom stereocenters. The summed E-state index contributed by atoms with van der Waals surface area (Å²) in [4.78, 5) is 9.73. The van der Waals surface area contributed by atoms with Gasteiger partial charge in [-0.05, 0) is 0 Å². The van der Waals surface area contributed by atoms with E-state index >= 15 is 0 Å². The second kappa shape index (κ2) is 3.85. The third-order valence-electron chi connectivity index (χ3n) is 1.17. The van der Waals surface area contributed by atoms with Crippen LogP contribution in [0.15, 0.2) is 0 Å². The summed E-state index contributed by atoms with van der Waals surface area (Å²) in [7, 11) is 0. The van der Waals surface area contributed by atoms with E-state index in [2.05, 4.69) is 0 Å². The third kappa shape index (κ3) is 2.78. The van der Waals surface area contributed by atoms with Crippen molar-refractivity contribution in [1.82, 2.24) is 0 Å². The summed E-state index contributed by atoms with van der Waals surface area (Å²) in [6, 6.07) is 0. The second-order valence-electron chi connectivity index (χ2n) is 2.15. The lowest BCUT2D eigenvalue weighted by molar-refractivity contribution is -0.283. The fourth-order valence-electron chi connectivity index (χ4n) is 0.473. The summed E-state index contributed by atoms with van der Waals surface area (Å²) in [5.41, 5.74) is 0. The van der Waals surface area contributed by atoms with E-state index in [9.17, 15) is 13.6 Å². The van der Waals surface area contributed by atoms with Crippen LogP contribution in [-0.2, 0) is 4.79 Å². The van der Waals surface area contributed by atoms with Gasteiger partial charge in [-0.25, -0.2) is 0 Å². The molecule has 72 valence electrons. The van der Waals surface area contributed by atoms with Gasteiger partial charge in [0.1, 0.15) is 12.2 Å². The van der Waals surface area contributed by atoms with Crippen LogP contribution in [-0.4, -0.2) is 51.1 Å². The molecule has 4 N–H and O–H groups in total. The molecule has 0 fully saturated rings. The fraction of sp³-hybridized carbons (Fsp3) is 0.800. The van der Waals surface area contributed by atoms with Gasteiger partial charge in [-0.3, -0.25) is 0 Å². The van der Waals surface area contributed by atoms with Crippen molar-refractivity contribution in [2.75, 3.05) is 0 Å². The van der Waals surface area contributed by atoms with Gasteiger partial charge in [-0.15, -0.1) is 0 Å². The van der Waals surface area contributed by atoms with Gasteiger partial charge in [-0.2, -0.15) is 8.78 Å². The molecule has 5 nitrogen and oxygen atoms in total. The molecule has 3 atom stereocenters. The Labute approximate surface area is 65.9 Å². The van der Waals surface area contributed by atoms with Crippen LogP contribution < -0.4 is 0 Å². The van der Waals surface area contributed by atoms with Crippen LogP contribution in [0.5, 0.6) is 0 Å². The number of halogens is 2. The van der Waals surface area contributed by atoms with E-state index in [0.717, 1.165) is 0 Å². The van der Waals surface area contributed by atoms with Crippen LogP contribution in [0.1, 0.15) is 0 Å². The van der Waals surface area contributed by atoms with Crippen molar-refractivity contribution in [3.8, 4) is 0 Å². The van der Waals surface area contributed by atoms with E-state index in [1.165, 1.54) is 0 Å². The maximum Gasteiger partial charge on any atom is 0.381 e. The maximum absolute atomic E-state index is 11.8. The number of carbonyl (C=O) groups is 1. The summed E-state index contributed by atoms with van der Waals surface area (Å²) in [5.74, 6) is 0. The Hall–Kier alpha value is -0.630. The summed E-state index contributed by atoms with van der Waals surface area (Å²) in [6.07, 6.45) is -12.2. The van der Waals surface area contributed by atoms with Crippen molar-refractivity contribution in [2.24, 2.45) is 0 Å². The van der Waals surface area contributed by atoms with Gasteiger partial charge < -0.3 is 25.2 Å². The molecule has 0 aliphatic carbocycles. The quantitative estimate of drug-likeness (QED) is 0.375. The first-order chi connectivity index (χ1) is 5.30. The fourth-order valence-corrected chi connectivity index (χ4v) is 0.473. The molecule has 0 saturated heterocycles.